The molecule has 0 bridgehead atoms. The highest BCUT2D eigenvalue weighted by Gasteiger charge is 2.21. The minimum absolute atomic E-state index is 0.0105. The summed E-state index contributed by atoms with van der Waals surface area (Å²) in [5.41, 5.74) is 2.19. The molecule has 0 atom stereocenters. The Labute approximate surface area is 207 Å². The maximum absolute atomic E-state index is 13.5. The quantitative estimate of drug-likeness (QED) is 0.315. The largest absolute Gasteiger partial charge is 0.331 e. The van der Waals surface area contributed by atoms with Crippen molar-refractivity contribution in [2.24, 2.45) is 0 Å². The Kier molecular flexibility index (Phi) is 9.58. The molecule has 0 saturated carbocycles. The van der Waals surface area contributed by atoms with Gasteiger partial charge in [-0.05, 0) is 44.5 Å². The maximum Gasteiger partial charge on any atom is 0.245 e. The third-order valence-electron chi connectivity index (χ3n) is 5.87. The number of hydrogen-bond donors (Lipinski definition) is 1. The molecule has 3 rings (SSSR count). The summed E-state index contributed by atoms with van der Waals surface area (Å²) in [7, 11) is 0. The van der Waals surface area contributed by atoms with E-state index in [2.05, 4.69) is 17.3 Å². The Morgan fingerprint density at radius 3 is 2.34 bits per heavy atom. The first kappa shape index (κ1) is 26.1. The van der Waals surface area contributed by atoms with E-state index in [4.69, 9.17) is 0 Å². The Morgan fingerprint density at radius 2 is 1.69 bits per heavy atom. The molecule has 0 aliphatic carbocycles. The van der Waals surface area contributed by atoms with E-state index in [1.807, 2.05) is 44.2 Å². The number of unbranched alkanes of at least 4 members (excludes halogenated alkanes) is 4. The van der Waals surface area contributed by atoms with Gasteiger partial charge in [0.25, 0.3) is 0 Å². The molecular formula is C28H35FN4O2. The fourth-order valence-electron chi connectivity index (χ4n) is 3.92. The molecule has 0 aliphatic rings. The summed E-state index contributed by atoms with van der Waals surface area (Å²) in [6.07, 6.45) is 5.77. The van der Waals surface area contributed by atoms with E-state index in [0.717, 1.165) is 31.2 Å². The fourth-order valence-corrected chi connectivity index (χ4v) is 3.92. The van der Waals surface area contributed by atoms with Gasteiger partial charge in [0.2, 0.25) is 11.8 Å². The molecule has 2 aromatic carbocycles. The van der Waals surface area contributed by atoms with Gasteiger partial charge in [-0.2, -0.15) is 5.10 Å². The first-order valence-electron chi connectivity index (χ1n) is 12.4. The van der Waals surface area contributed by atoms with Gasteiger partial charge in [0.1, 0.15) is 18.2 Å². The molecule has 0 spiro atoms. The predicted octanol–water partition coefficient (Wildman–Crippen LogP) is 6.21. The lowest BCUT2D eigenvalue weighted by Gasteiger charge is -2.26. The van der Waals surface area contributed by atoms with Crippen LogP contribution in [0.4, 0.5) is 10.2 Å². The van der Waals surface area contributed by atoms with Gasteiger partial charge < -0.3 is 10.2 Å². The van der Waals surface area contributed by atoms with Crippen LogP contribution in [0, 0.1) is 5.82 Å². The molecular weight excluding hydrogens is 443 g/mol. The number of aromatic nitrogens is 2. The van der Waals surface area contributed by atoms with Crippen molar-refractivity contribution < 1.29 is 14.0 Å². The molecule has 2 amide bonds. The lowest BCUT2D eigenvalue weighted by molar-refractivity contribution is -0.136. The van der Waals surface area contributed by atoms with Gasteiger partial charge in [-0.1, -0.05) is 62.9 Å². The van der Waals surface area contributed by atoms with E-state index in [1.54, 1.807) is 27.8 Å². The molecule has 0 saturated heterocycles. The number of anilines is 1. The number of nitrogens with one attached hydrogen (secondary N) is 1. The predicted molar refractivity (Wildman–Crippen MR) is 138 cm³/mol. The standard InChI is InChI=1S/C28H35FN4O2/c1-4-5-6-7-11-14-28(35)32(21(2)3)20-27(34)30-26-19-25(22-12-9-8-10-13-22)31-33(26)24-17-15-23(29)16-18-24/h8-10,12-13,15-19,21H,4-7,11,14,20H2,1-3H3,(H,30,34). The Balaban J connectivity index is 1.75. The van der Waals surface area contributed by atoms with Gasteiger partial charge >= 0.3 is 0 Å². The van der Waals surface area contributed by atoms with Crippen LogP contribution in [0.5, 0.6) is 0 Å². The van der Waals surface area contributed by atoms with Gasteiger partial charge in [0, 0.05) is 24.1 Å². The summed E-state index contributed by atoms with van der Waals surface area (Å²) in [6, 6.07) is 17.2. The monoisotopic (exact) mass is 478 g/mol. The van der Waals surface area contributed by atoms with Crippen molar-refractivity contribution in [3.8, 4) is 16.9 Å². The zero-order chi connectivity index (χ0) is 25.2. The number of halogens is 1. The van der Waals surface area contributed by atoms with Crippen LogP contribution in [-0.4, -0.2) is 39.1 Å². The van der Waals surface area contributed by atoms with Gasteiger partial charge in [0.05, 0.1) is 11.4 Å². The highest BCUT2D eigenvalue weighted by molar-refractivity contribution is 5.94. The van der Waals surface area contributed by atoms with E-state index in [0.29, 0.717) is 23.6 Å². The number of nitrogens with zero attached hydrogens (tertiary/aromatic N) is 3. The van der Waals surface area contributed by atoms with Crippen LogP contribution >= 0.6 is 0 Å². The van der Waals surface area contributed by atoms with Gasteiger partial charge in [-0.15, -0.1) is 0 Å². The summed E-state index contributed by atoms with van der Waals surface area (Å²) >= 11 is 0. The summed E-state index contributed by atoms with van der Waals surface area (Å²) in [5.74, 6) is -0.212. The fraction of sp³-hybridized carbons (Fsp3) is 0.393. The molecule has 3 aromatic rings. The zero-order valence-electron chi connectivity index (χ0n) is 20.8. The number of carbonyl (C=O) groups is 2. The second-order valence-electron chi connectivity index (χ2n) is 9.00. The number of hydrogen-bond acceptors (Lipinski definition) is 3. The highest BCUT2D eigenvalue weighted by atomic mass is 19.1. The summed E-state index contributed by atoms with van der Waals surface area (Å²) in [4.78, 5) is 27.4. The average Bonchev–Trinajstić information content (AvgIpc) is 3.26. The second kappa shape index (κ2) is 12.8. The minimum atomic E-state index is -0.351. The van der Waals surface area contributed by atoms with E-state index in [9.17, 15) is 14.0 Å². The van der Waals surface area contributed by atoms with Crippen molar-refractivity contribution in [1.29, 1.82) is 0 Å². The van der Waals surface area contributed by atoms with Crippen molar-refractivity contribution in [2.75, 3.05) is 11.9 Å². The maximum atomic E-state index is 13.5. The second-order valence-corrected chi connectivity index (χ2v) is 9.00. The van der Waals surface area contributed by atoms with Crippen molar-refractivity contribution in [3.05, 3.63) is 66.5 Å². The Morgan fingerprint density at radius 1 is 1.00 bits per heavy atom. The van der Waals surface area contributed by atoms with Crippen LogP contribution in [0.3, 0.4) is 0 Å². The van der Waals surface area contributed by atoms with Crippen LogP contribution in [0.15, 0.2) is 60.7 Å². The molecule has 186 valence electrons. The lowest BCUT2D eigenvalue weighted by atomic mass is 10.1. The summed E-state index contributed by atoms with van der Waals surface area (Å²) < 4.78 is 15.1. The third kappa shape index (κ3) is 7.50. The van der Waals surface area contributed by atoms with Crippen molar-refractivity contribution in [3.63, 3.8) is 0 Å². The zero-order valence-corrected chi connectivity index (χ0v) is 20.8. The average molecular weight is 479 g/mol. The van der Waals surface area contributed by atoms with Crippen LogP contribution in [0.25, 0.3) is 16.9 Å². The van der Waals surface area contributed by atoms with Crippen molar-refractivity contribution in [2.45, 2.75) is 65.3 Å². The van der Waals surface area contributed by atoms with Crippen LogP contribution in [-0.2, 0) is 9.59 Å². The van der Waals surface area contributed by atoms with E-state index < -0.39 is 0 Å². The molecule has 1 heterocycles. The Hall–Kier alpha value is -3.48. The van der Waals surface area contributed by atoms with Gasteiger partial charge in [-0.3, -0.25) is 9.59 Å². The van der Waals surface area contributed by atoms with Gasteiger partial charge in [-0.25, -0.2) is 9.07 Å². The Bertz CT molecular complexity index is 1090. The van der Waals surface area contributed by atoms with Crippen molar-refractivity contribution >= 4 is 17.6 Å². The first-order valence-corrected chi connectivity index (χ1v) is 12.4. The van der Waals surface area contributed by atoms with E-state index in [1.165, 1.54) is 18.6 Å². The van der Waals surface area contributed by atoms with Crippen LogP contribution in [0.2, 0.25) is 0 Å². The topological polar surface area (TPSA) is 67.2 Å². The molecule has 6 nitrogen and oxygen atoms in total. The summed E-state index contributed by atoms with van der Waals surface area (Å²) in [5, 5.41) is 7.56. The number of rotatable bonds is 12. The normalized spacial score (nSPS) is 11.0. The van der Waals surface area contributed by atoms with Crippen LogP contribution < -0.4 is 5.32 Å². The molecule has 0 unspecified atom stereocenters. The number of benzene rings is 2. The highest BCUT2D eigenvalue weighted by Crippen LogP contribution is 2.25. The molecule has 0 fully saturated rings. The van der Waals surface area contributed by atoms with Gasteiger partial charge in [0.15, 0.2) is 0 Å². The number of carbonyl (C=O) groups excluding carboxylic acids is 2. The van der Waals surface area contributed by atoms with E-state index in [-0.39, 0.29) is 30.2 Å². The lowest BCUT2D eigenvalue weighted by Crippen LogP contribution is -2.42. The van der Waals surface area contributed by atoms with Crippen molar-refractivity contribution in [1.82, 2.24) is 14.7 Å². The molecule has 7 heteroatoms. The smallest absolute Gasteiger partial charge is 0.245 e. The molecule has 0 radical (unpaired) electrons. The minimum Gasteiger partial charge on any atom is -0.331 e. The SMILES string of the molecule is CCCCCCCC(=O)N(CC(=O)Nc1cc(-c2ccccc2)nn1-c1ccc(F)cc1)C(C)C. The van der Waals surface area contributed by atoms with E-state index >= 15 is 0 Å². The molecule has 1 N–H and O–H groups in total. The molecule has 35 heavy (non-hydrogen) atoms. The first-order chi connectivity index (χ1) is 16.9. The van der Waals surface area contributed by atoms with Crippen LogP contribution in [0.1, 0.15) is 59.3 Å². The molecule has 0 aliphatic heterocycles. The summed E-state index contributed by atoms with van der Waals surface area (Å²) in [6.45, 7) is 5.95. The molecule has 1 aromatic heterocycles. The number of amides is 2. The third-order valence-corrected chi connectivity index (χ3v) is 5.87.